The summed E-state index contributed by atoms with van der Waals surface area (Å²) in [6.45, 7) is 0. The summed E-state index contributed by atoms with van der Waals surface area (Å²) in [6, 6.07) is 10.1. The Morgan fingerprint density at radius 2 is 2.10 bits per heavy atom. The molecule has 2 heterocycles. The number of fused-ring (bicyclic) bond motifs is 1. The molecule has 0 radical (unpaired) electrons. The maximum absolute atomic E-state index is 11.9. The van der Waals surface area contributed by atoms with Gasteiger partial charge in [-0.3, -0.25) is 0 Å². The van der Waals surface area contributed by atoms with E-state index in [9.17, 15) is 4.79 Å². The Kier molecular flexibility index (Phi) is 3.22. The van der Waals surface area contributed by atoms with Crippen molar-refractivity contribution in [1.29, 1.82) is 0 Å². The molecule has 3 rings (SSSR count). The predicted octanol–water partition coefficient (Wildman–Crippen LogP) is 2.86. The van der Waals surface area contributed by atoms with Crippen molar-refractivity contribution >= 4 is 34.5 Å². The molecule has 2 amide bonds. The van der Waals surface area contributed by atoms with Gasteiger partial charge < -0.3 is 5.32 Å². The van der Waals surface area contributed by atoms with E-state index in [1.807, 2.05) is 6.07 Å². The monoisotopic (exact) mass is 287 g/mol. The molecule has 3 aromatic rings. The minimum Gasteiger partial charge on any atom is -0.307 e. The maximum atomic E-state index is 11.9. The van der Waals surface area contributed by atoms with Gasteiger partial charge in [0.2, 0.25) is 0 Å². The first-order valence-corrected chi connectivity index (χ1v) is 6.22. The lowest BCUT2D eigenvalue weighted by atomic mass is 10.3. The fraction of sp³-hybridized carbons (Fsp3) is 0. The van der Waals surface area contributed by atoms with Gasteiger partial charge in [-0.1, -0.05) is 17.7 Å². The van der Waals surface area contributed by atoms with Crippen molar-refractivity contribution in [3.63, 3.8) is 0 Å². The first kappa shape index (κ1) is 12.4. The van der Waals surface area contributed by atoms with Gasteiger partial charge >= 0.3 is 6.03 Å². The fourth-order valence-corrected chi connectivity index (χ4v) is 1.96. The van der Waals surface area contributed by atoms with Crippen molar-refractivity contribution in [3.05, 3.63) is 53.9 Å². The van der Waals surface area contributed by atoms with Crippen LogP contribution < -0.4 is 10.7 Å². The number of aromatic nitrogens is 3. The molecule has 20 heavy (non-hydrogen) atoms. The molecule has 0 aliphatic heterocycles. The maximum Gasteiger partial charge on any atom is 0.338 e. The largest absolute Gasteiger partial charge is 0.338 e. The van der Waals surface area contributed by atoms with Crippen LogP contribution in [0.2, 0.25) is 5.02 Å². The smallest absolute Gasteiger partial charge is 0.307 e. The summed E-state index contributed by atoms with van der Waals surface area (Å²) in [5.74, 6) is 0. The second kappa shape index (κ2) is 5.18. The first-order chi connectivity index (χ1) is 9.72. The van der Waals surface area contributed by atoms with Crippen molar-refractivity contribution in [3.8, 4) is 0 Å². The van der Waals surface area contributed by atoms with Crippen LogP contribution in [0, 0.1) is 0 Å². The highest BCUT2D eigenvalue weighted by molar-refractivity contribution is 6.30. The zero-order chi connectivity index (χ0) is 13.9. The number of amides is 2. The van der Waals surface area contributed by atoms with Crippen molar-refractivity contribution < 1.29 is 4.79 Å². The zero-order valence-corrected chi connectivity index (χ0v) is 11.0. The number of imidazole rings is 1. The van der Waals surface area contributed by atoms with E-state index in [0.717, 1.165) is 0 Å². The molecule has 2 N–H and O–H groups in total. The van der Waals surface area contributed by atoms with Crippen LogP contribution in [0.5, 0.6) is 0 Å². The number of rotatable bonds is 2. The zero-order valence-electron chi connectivity index (χ0n) is 10.2. The van der Waals surface area contributed by atoms with Gasteiger partial charge in [0.25, 0.3) is 0 Å². The lowest BCUT2D eigenvalue weighted by Gasteiger charge is -2.08. The molecule has 0 fully saturated rings. The van der Waals surface area contributed by atoms with Gasteiger partial charge in [-0.15, -0.1) is 0 Å². The molecule has 2 aromatic heterocycles. The van der Waals surface area contributed by atoms with Crippen LogP contribution in [0.4, 0.5) is 10.5 Å². The van der Waals surface area contributed by atoms with Gasteiger partial charge in [-0.05, 0) is 30.3 Å². The number of hydrogen-bond acceptors (Lipinski definition) is 3. The predicted molar refractivity (Wildman–Crippen MR) is 77.4 cm³/mol. The molecule has 100 valence electrons. The molecule has 0 aliphatic carbocycles. The summed E-state index contributed by atoms with van der Waals surface area (Å²) in [4.78, 5) is 20.2. The van der Waals surface area contributed by atoms with Gasteiger partial charge in [0, 0.05) is 16.9 Å². The Balaban J connectivity index is 1.76. The topological polar surface area (TPSA) is 71.8 Å². The molecule has 0 saturated heterocycles. The van der Waals surface area contributed by atoms with Gasteiger partial charge in [0.15, 0.2) is 5.65 Å². The van der Waals surface area contributed by atoms with E-state index in [4.69, 9.17) is 11.6 Å². The third-order valence-corrected chi connectivity index (χ3v) is 2.85. The number of benzene rings is 1. The minimum atomic E-state index is -0.405. The number of urea groups is 1. The molecule has 0 unspecified atom stereocenters. The summed E-state index contributed by atoms with van der Waals surface area (Å²) in [6.07, 6.45) is 3.13. The van der Waals surface area contributed by atoms with Crippen LogP contribution in [0.25, 0.3) is 11.2 Å². The number of halogens is 1. The number of anilines is 1. The molecule has 0 atom stereocenters. The van der Waals surface area contributed by atoms with Gasteiger partial charge in [-0.2, -0.15) is 0 Å². The van der Waals surface area contributed by atoms with Crippen LogP contribution >= 0.6 is 11.6 Å². The molecular weight excluding hydrogens is 278 g/mol. The molecular formula is C13H10ClN5O. The Labute approximate surface area is 119 Å². The fourth-order valence-electron chi connectivity index (χ4n) is 1.77. The summed E-state index contributed by atoms with van der Waals surface area (Å²) >= 11 is 5.85. The van der Waals surface area contributed by atoms with E-state index >= 15 is 0 Å². The molecule has 0 bridgehead atoms. The average molecular weight is 288 g/mol. The standard InChI is InChI=1S/C13H10ClN5O/c14-9-3-1-4-10(7-9)17-13(20)18-19-8-16-11-5-2-6-15-12(11)19/h1-8H,(H2,17,18,20). The lowest BCUT2D eigenvalue weighted by molar-refractivity contribution is 0.260. The van der Waals surface area contributed by atoms with Crippen molar-refractivity contribution in [2.24, 2.45) is 0 Å². The lowest BCUT2D eigenvalue weighted by Crippen LogP contribution is -2.27. The number of carbonyl (C=O) groups is 1. The molecule has 6 nitrogen and oxygen atoms in total. The minimum absolute atomic E-state index is 0.405. The normalized spacial score (nSPS) is 10.4. The van der Waals surface area contributed by atoms with Crippen LogP contribution in [0.15, 0.2) is 48.9 Å². The molecule has 7 heteroatoms. The third kappa shape index (κ3) is 2.55. The number of carbonyl (C=O) groups excluding carboxylic acids is 1. The van der Waals surface area contributed by atoms with Crippen LogP contribution in [-0.4, -0.2) is 20.7 Å². The molecule has 1 aromatic carbocycles. The Bertz CT molecular complexity index is 770. The van der Waals surface area contributed by atoms with Crippen molar-refractivity contribution in [2.45, 2.75) is 0 Å². The van der Waals surface area contributed by atoms with E-state index < -0.39 is 6.03 Å². The summed E-state index contributed by atoms with van der Waals surface area (Å²) < 4.78 is 1.45. The van der Waals surface area contributed by atoms with E-state index in [-0.39, 0.29) is 0 Å². The second-order valence-corrected chi connectivity index (χ2v) is 4.47. The number of nitrogens with zero attached hydrogens (tertiary/aromatic N) is 3. The summed E-state index contributed by atoms with van der Waals surface area (Å²) in [7, 11) is 0. The van der Waals surface area contributed by atoms with Gasteiger partial charge in [-0.25, -0.2) is 24.9 Å². The summed E-state index contributed by atoms with van der Waals surface area (Å²) in [5.41, 5.74) is 4.52. The van der Waals surface area contributed by atoms with Gasteiger partial charge in [0.1, 0.15) is 11.8 Å². The van der Waals surface area contributed by atoms with Crippen LogP contribution in [0.1, 0.15) is 0 Å². The van der Waals surface area contributed by atoms with Crippen LogP contribution in [-0.2, 0) is 0 Å². The Hall–Kier alpha value is -2.60. The number of pyridine rings is 1. The quantitative estimate of drug-likeness (QED) is 0.761. The Morgan fingerprint density at radius 3 is 2.95 bits per heavy atom. The number of hydrogen-bond donors (Lipinski definition) is 2. The van der Waals surface area contributed by atoms with Gasteiger partial charge in [0.05, 0.1) is 0 Å². The Morgan fingerprint density at radius 1 is 1.20 bits per heavy atom. The first-order valence-electron chi connectivity index (χ1n) is 5.84. The molecule has 0 aliphatic rings. The highest BCUT2D eigenvalue weighted by atomic mass is 35.5. The van der Waals surface area contributed by atoms with E-state index in [1.54, 1.807) is 36.5 Å². The second-order valence-electron chi connectivity index (χ2n) is 4.04. The number of nitrogens with one attached hydrogen (secondary N) is 2. The van der Waals surface area contributed by atoms with Crippen molar-refractivity contribution in [1.82, 2.24) is 14.6 Å². The third-order valence-electron chi connectivity index (χ3n) is 2.61. The average Bonchev–Trinajstić information content (AvgIpc) is 2.82. The van der Waals surface area contributed by atoms with Crippen LogP contribution in [0.3, 0.4) is 0 Å². The molecule has 0 saturated carbocycles. The van der Waals surface area contributed by atoms with E-state index in [2.05, 4.69) is 20.7 Å². The highest BCUT2D eigenvalue weighted by Crippen LogP contribution is 2.14. The highest BCUT2D eigenvalue weighted by Gasteiger charge is 2.07. The van der Waals surface area contributed by atoms with E-state index in [0.29, 0.717) is 21.9 Å². The van der Waals surface area contributed by atoms with Crippen molar-refractivity contribution in [2.75, 3.05) is 10.7 Å². The van der Waals surface area contributed by atoms with E-state index in [1.165, 1.54) is 11.0 Å². The summed E-state index contributed by atoms with van der Waals surface area (Å²) in [5, 5.41) is 3.23. The SMILES string of the molecule is O=C(Nc1cccc(Cl)c1)Nn1cnc2cccnc21. The molecule has 0 spiro atoms.